The Labute approximate surface area is 365 Å². The van der Waals surface area contributed by atoms with E-state index in [0.29, 0.717) is 31.3 Å². The zero-order valence-electron chi connectivity index (χ0n) is 36.1. The third-order valence-electron chi connectivity index (χ3n) is 12.5. The van der Waals surface area contributed by atoms with Crippen molar-refractivity contribution >= 4 is 57.6 Å². The van der Waals surface area contributed by atoms with Crippen LogP contribution < -0.4 is 10.6 Å². The van der Waals surface area contributed by atoms with Crippen molar-refractivity contribution in [1.29, 1.82) is 0 Å². The molecule has 3 saturated heterocycles. The van der Waals surface area contributed by atoms with Crippen molar-refractivity contribution in [2.45, 2.75) is 82.9 Å². The van der Waals surface area contributed by atoms with E-state index in [2.05, 4.69) is 69.1 Å². The maximum atomic E-state index is 14.4. The van der Waals surface area contributed by atoms with Crippen molar-refractivity contribution in [2.75, 3.05) is 39.7 Å². The SMILES string of the molecule is COC(=O)N[C@H](C(=O)N1CCC[C@H]1c1nc2ccc(-c3ccc4cc(-c5cnc([C@@H]6CSC(C7CCOCC7)N6C(=O)[C@@H](NC(=O)OC)C(C)C)[nH]5)ccc4c3)cc2[nH]1)C(C)C. The van der Waals surface area contributed by atoms with Gasteiger partial charge in [-0.2, -0.15) is 0 Å². The van der Waals surface area contributed by atoms with Gasteiger partial charge in [0.25, 0.3) is 0 Å². The number of thioether (sulfide) groups is 1. The van der Waals surface area contributed by atoms with Crippen LogP contribution in [-0.4, -0.2) is 111 Å². The van der Waals surface area contributed by atoms with E-state index in [4.69, 9.17) is 24.2 Å². The highest BCUT2D eigenvalue weighted by Crippen LogP contribution is 2.45. The van der Waals surface area contributed by atoms with E-state index < -0.39 is 24.3 Å². The molecule has 0 spiro atoms. The van der Waals surface area contributed by atoms with E-state index in [-0.39, 0.29) is 47.0 Å². The molecule has 8 rings (SSSR count). The second-order valence-corrected chi connectivity index (χ2v) is 18.3. The Bertz CT molecular complexity index is 2440. The highest BCUT2D eigenvalue weighted by Gasteiger charge is 2.46. The smallest absolute Gasteiger partial charge is 0.407 e. The molecular weight excluding hydrogens is 809 g/mol. The van der Waals surface area contributed by atoms with Gasteiger partial charge in [-0.05, 0) is 89.6 Å². The summed E-state index contributed by atoms with van der Waals surface area (Å²) < 4.78 is 15.3. The first kappa shape index (κ1) is 43.1. The van der Waals surface area contributed by atoms with Gasteiger partial charge in [-0.15, -0.1) is 11.8 Å². The highest BCUT2D eigenvalue weighted by atomic mass is 32.2. The number of likely N-dealkylation sites (tertiary alicyclic amines) is 1. The Balaban J connectivity index is 1.01. The summed E-state index contributed by atoms with van der Waals surface area (Å²) in [7, 11) is 2.60. The molecule has 0 saturated carbocycles. The summed E-state index contributed by atoms with van der Waals surface area (Å²) >= 11 is 1.77. The molecule has 2 aromatic heterocycles. The largest absolute Gasteiger partial charge is 0.453 e. The number of aromatic nitrogens is 4. The van der Waals surface area contributed by atoms with Crippen LogP contribution in [-0.2, 0) is 23.8 Å². The lowest BCUT2D eigenvalue weighted by Crippen LogP contribution is -2.54. The molecule has 3 fully saturated rings. The summed E-state index contributed by atoms with van der Waals surface area (Å²) in [6, 6.07) is 17.0. The lowest BCUT2D eigenvalue weighted by molar-refractivity contribution is -0.138. The van der Waals surface area contributed by atoms with E-state index in [9.17, 15) is 19.2 Å². The third-order valence-corrected chi connectivity index (χ3v) is 14.0. The predicted molar refractivity (Wildman–Crippen MR) is 238 cm³/mol. The molecule has 3 aliphatic rings. The van der Waals surface area contributed by atoms with Crippen LogP contribution in [0.5, 0.6) is 0 Å². The van der Waals surface area contributed by atoms with Gasteiger partial charge in [0.1, 0.15) is 29.8 Å². The fraction of sp³-hybridized carbons (Fsp3) is 0.478. The number of carbonyl (C=O) groups is 4. The van der Waals surface area contributed by atoms with Crippen LogP contribution in [0.25, 0.3) is 44.2 Å². The number of alkyl carbamates (subject to hydrolysis) is 2. The number of imidazole rings is 2. The fourth-order valence-corrected chi connectivity index (χ4v) is 10.7. The van der Waals surface area contributed by atoms with Gasteiger partial charge in [0.15, 0.2) is 0 Å². The number of benzene rings is 3. The molecule has 5 atom stereocenters. The summed E-state index contributed by atoms with van der Waals surface area (Å²) in [5.74, 6) is 1.86. The zero-order valence-corrected chi connectivity index (χ0v) is 36.9. The van der Waals surface area contributed by atoms with E-state index in [1.165, 1.54) is 14.2 Å². The topological polar surface area (TPSA) is 184 Å². The van der Waals surface area contributed by atoms with E-state index in [0.717, 1.165) is 75.7 Å². The van der Waals surface area contributed by atoms with Gasteiger partial charge < -0.3 is 44.6 Å². The van der Waals surface area contributed by atoms with Crippen LogP contribution in [0.1, 0.15) is 77.1 Å². The number of hydrogen-bond acceptors (Lipinski definition) is 10. The van der Waals surface area contributed by atoms with Crippen LogP contribution in [0.3, 0.4) is 0 Å². The molecule has 1 unspecified atom stereocenters. The minimum atomic E-state index is -0.744. The van der Waals surface area contributed by atoms with E-state index >= 15 is 0 Å². The zero-order chi connectivity index (χ0) is 43.7. The van der Waals surface area contributed by atoms with Crippen molar-refractivity contribution < 1.29 is 33.4 Å². The molecule has 15 nitrogen and oxygen atoms in total. The maximum absolute atomic E-state index is 14.4. The van der Waals surface area contributed by atoms with Gasteiger partial charge >= 0.3 is 12.2 Å². The van der Waals surface area contributed by atoms with Crippen molar-refractivity contribution in [3.8, 4) is 22.4 Å². The standard InChI is InChI=1S/C46H56N8O7S/c1-25(2)38(51-45(57)59-5)42(55)53-17-7-8-36(53)41-48-33-14-13-31(22-34(33)49-41)29-9-10-30-21-32(12-11-28(30)20-29)35-23-47-40(50-35)37-24-62-44(27-15-18-61-19-16-27)54(37)43(56)39(26(3)4)52-46(58)60-6/h9-14,20-23,25-27,36-39,44H,7-8,15-19,24H2,1-6H3,(H,47,50)(H,48,49)(H,51,57)(H,52,58)/t36-,37-,38-,39-,44?/m0/s1. The van der Waals surface area contributed by atoms with Crippen LogP contribution >= 0.6 is 11.8 Å². The Morgan fingerprint density at radius 1 is 0.774 bits per heavy atom. The molecule has 328 valence electrons. The Kier molecular flexibility index (Phi) is 12.8. The minimum absolute atomic E-state index is 0.0641. The number of amides is 4. The number of fused-ring (bicyclic) bond motifs is 2. The fourth-order valence-electron chi connectivity index (χ4n) is 9.05. The Morgan fingerprint density at radius 2 is 1.40 bits per heavy atom. The molecule has 0 bridgehead atoms. The molecule has 4 N–H and O–H groups in total. The van der Waals surface area contributed by atoms with Crippen LogP contribution in [0.15, 0.2) is 60.8 Å². The first-order valence-corrected chi connectivity index (χ1v) is 22.6. The van der Waals surface area contributed by atoms with Gasteiger partial charge in [-0.25, -0.2) is 19.6 Å². The Morgan fingerprint density at radius 3 is 2.08 bits per heavy atom. The number of nitrogens with zero attached hydrogens (tertiary/aromatic N) is 4. The summed E-state index contributed by atoms with van der Waals surface area (Å²) in [4.78, 5) is 73.0. The molecule has 5 aromatic rings. The van der Waals surface area contributed by atoms with Gasteiger partial charge in [0.2, 0.25) is 11.8 Å². The molecule has 3 aliphatic heterocycles. The number of ether oxygens (including phenoxy) is 3. The Hall–Kier alpha value is -5.61. The first-order chi connectivity index (χ1) is 29.9. The quantitative estimate of drug-likeness (QED) is 0.103. The number of aromatic amines is 2. The number of rotatable bonds is 11. The average molecular weight is 865 g/mol. The van der Waals surface area contributed by atoms with E-state index in [1.54, 1.807) is 11.8 Å². The van der Waals surface area contributed by atoms with Gasteiger partial charge in [0, 0.05) is 31.1 Å². The number of hydrogen-bond donors (Lipinski definition) is 4. The molecular formula is C46H56N8O7S. The van der Waals surface area contributed by atoms with Crippen molar-refractivity contribution in [2.24, 2.45) is 17.8 Å². The molecule has 5 heterocycles. The summed E-state index contributed by atoms with van der Waals surface area (Å²) in [5, 5.41) is 7.59. The monoisotopic (exact) mass is 864 g/mol. The van der Waals surface area contributed by atoms with Gasteiger partial charge in [-0.1, -0.05) is 58.0 Å². The summed E-state index contributed by atoms with van der Waals surface area (Å²) in [5.41, 5.74) is 5.63. The number of nitrogens with one attached hydrogen (secondary N) is 4. The lowest BCUT2D eigenvalue weighted by atomic mass is 9.96. The average Bonchev–Trinajstić information content (AvgIpc) is 4.12. The second kappa shape index (κ2) is 18.4. The molecule has 16 heteroatoms. The van der Waals surface area contributed by atoms with Crippen molar-refractivity contribution in [1.82, 2.24) is 40.4 Å². The molecule has 62 heavy (non-hydrogen) atoms. The minimum Gasteiger partial charge on any atom is -0.453 e. The van der Waals surface area contributed by atoms with Crippen molar-refractivity contribution in [3.63, 3.8) is 0 Å². The van der Waals surface area contributed by atoms with Crippen LogP contribution in [0.2, 0.25) is 0 Å². The van der Waals surface area contributed by atoms with Gasteiger partial charge in [0.05, 0.1) is 48.6 Å². The summed E-state index contributed by atoms with van der Waals surface area (Å²) in [6.07, 6.45) is 3.94. The van der Waals surface area contributed by atoms with Crippen LogP contribution in [0.4, 0.5) is 9.59 Å². The third kappa shape index (κ3) is 8.71. The second-order valence-electron chi connectivity index (χ2n) is 17.2. The van der Waals surface area contributed by atoms with Crippen molar-refractivity contribution in [3.05, 3.63) is 72.4 Å². The lowest BCUT2D eigenvalue weighted by Gasteiger charge is -2.38. The normalized spacial score (nSPS) is 20.5. The van der Waals surface area contributed by atoms with Gasteiger partial charge in [-0.3, -0.25) is 9.59 Å². The predicted octanol–water partition coefficient (Wildman–Crippen LogP) is 7.57. The van der Waals surface area contributed by atoms with Crippen LogP contribution in [0, 0.1) is 17.8 Å². The molecule has 4 amide bonds. The summed E-state index contributed by atoms with van der Waals surface area (Å²) in [6.45, 7) is 9.59. The highest BCUT2D eigenvalue weighted by molar-refractivity contribution is 8.00. The number of carbonyl (C=O) groups excluding carboxylic acids is 4. The molecule has 3 aromatic carbocycles. The maximum Gasteiger partial charge on any atom is 0.407 e. The number of H-pyrrole nitrogens is 2. The molecule has 0 radical (unpaired) electrons. The van der Waals surface area contributed by atoms with E-state index in [1.807, 2.05) is 49.8 Å². The number of methoxy groups -OCH3 is 2. The first-order valence-electron chi connectivity index (χ1n) is 21.5. The molecule has 0 aliphatic carbocycles.